The highest BCUT2D eigenvalue weighted by atomic mass is 14.1. The second-order valence-corrected chi connectivity index (χ2v) is 4.67. The summed E-state index contributed by atoms with van der Waals surface area (Å²) in [6.07, 6.45) is 9.27. The average molecular weight is 244 g/mol. The summed E-state index contributed by atoms with van der Waals surface area (Å²) in [7, 11) is 0. The lowest BCUT2D eigenvalue weighted by Crippen LogP contribution is -2.27. The van der Waals surface area contributed by atoms with Gasteiger partial charge in [0.05, 0.1) is 0 Å². The van der Waals surface area contributed by atoms with Crippen LogP contribution in [0.4, 0.5) is 0 Å². The fourth-order valence-electron chi connectivity index (χ4n) is 2.74. The number of benzene rings is 2. The third kappa shape index (κ3) is 1.86. The van der Waals surface area contributed by atoms with Gasteiger partial charge in [-0.3, -0.25) is 0 Å². The van der Waals surface area contributed by atoms with Gasteiger partial charge in [0, 0.05) is 0 Å². The van der Waals surface area contributed by atoms with E-state index in [9.17, 15) is 0 Å². The monoisotopic (exact) mass is 244 g/mol. The van der Waals surface area contributed by atoms with Gasteiger partial charge in [-0.1, -0.05) is 73.9 Å². The molecule has 0 radical (unpaired) electrons. The van der Waals surface area contributed by atoms with Gasteiger partial charge in [-0.2, -0.15) is 0 Å². The van der Waals surface area contributed by atoms with E-state index in [0.29, 0.717) is 0 Å². The van der Waals surface area contributed by atoms with Crippen LogP contribution in [-0.2, 0) is 0 Å². The predicted molar refractivity (Wildman–Crippen MR) is 84.2 cm³/mol. The zero-order valence-corrected chi connectivity index (χ0v) is 10.9. The zero-order valence-electron chi connectivity index (χ0n) is 10.9. The van der Waals surface area contributed by atoms with E-state index in [1.807, 2.05) is 12.2 Å². The van der Waals surface area contributed by atoms with Gasteiger partial charge in [-0.15, -0.1) is 0 Å². The molecule has 0 heterocycles. The largest absolute Gasteiger partial charge is 0.0985 e. The molecule has 0 aliphatic heterocycles. The van der Waals surface area contributed by atoms with Crippen molar-refractivity contribution in [3.8, 4) is 0 Å². The summed E-state index contributed by atoms with van der Waals surface area (Å²) in [4.78, 5) is 0. The van der Waals surface area contributed by atoms with Gasteiger partial charge in [0.2, 0.25) is 0 Å². The lowest BCUT2D eigenvalue weighted by Gasteiger charge is -2.06. The Labute approximate surface area is 113 Å². The first-order chi connectivity index (χ1) is 9.35. The Morgan fingerprint density at radius 1 is 0.895 bits per heavy atom. The fraction of sp³-hybridized carbons (Fsp3) is 0.0526. The maximum absolute atomic E-state index is 3.99. The molecule has 0 unspecified atom stereocenters. The number of hydrogen-bond donors (Lipinski definition) is 0. The van der Waals surface area contributed by atoms with Crippen molar-refractivity contribution in [1.29, 1.82) is 0 Å². The second-order valence-electron chi connectivity index (χ2n) is 4.67. The lowest BCUT2D eigenvalue weighted by atomic mass is 9.98. The summed E-state index contributed by atoms with van der Waals surface area (Å²) in [5.41, 5.74) is 2.34. The van der Waals surface area contributed by atoms with E-state index in [0.717, 1.165) is 6.42 Å². The van der Waals surface area contributed by atoms with Crippen molar-refractivity contribution in [1.82, 2.24) is 0 Å². The first-order valence-corrected chi connectivity index (χ1v) is 6.53. The molecular formula is C19H16. The van der Waals surface area contributed by atoms with Crippen molar-refractivity contribution in [3.05, 3.63) is 83.8 Å². The Morgan fingerprint density at radius 3 is 2.53 bits per heavy atom. The van der Waals surface area contributed by atoms with Gasteiger partial charge < -0.3 is 0 Å². The maximum atomic E-state index is 3.99. The predicted octanol–water partition coefficient (Wildman–Crippen LogP) is 3.47. The molecule has 92 valence electrons. The van der Waals surface area contributed by atoms with E-state index in [1.165, 1.54) is 32.4 Å². The van der Waals surface area contributed by atoms with Gasteiger partial charge in [-0.25, -0.2) is 0 Å². The highest BCUT2D eigenvalue weighted by Crippen LogP contribution is 2.17. The van der Waals surface area contributed by atoms with Gasteiger partial charge in [-0.05, 0) is 38.8 Å². The van der Waals surface area contributed by atoms with E-state index in [2.05, 4.69) is 61.7 Å². The topological polar surface area (TPSA) is 0 Å². The van der Waals surface area contributed by atoms with Crippen LogP contribution in [0.15, 0.2) is 73.4 Å². The van der Waals surface area contributed by atoms with E-state index in [4.69, 9.17) is 0 Å². The number of hydrogen-bond acceptors (Lipinski definition) is 0. The van der Waals surface area contributed by atoms with Crippen molar-refractivity contribution in [3.63, 3.8) is 0 Å². The summed E-state index contributed by atoms with van der Waals surface area (Å²) < 4.78 is 0. The molecule has 2 aromatic carbocycles. The quantitative estimate of drug-likeness (QED) is 0.759. The van der Waals surface area contributed by atoms with Crippen molar-refractivity contribution in [2.45, 2.75) is 6.42 Å². The Hall–Kier alpha value is -2.34. The molecule has 2 aromatic rings. The van der Waals surface area contributed by atoms with E-state index in [-0.39, 0.29) is 0 Å². The molecule has 0 bridgehead atoms. The van der Waals surface area contributed by atoms with Gasteiger partial charge in [0.15, 0.2) is 0 Å². The molecule has 0 N–H and O–H groups in total. The highest BCUT2D eigenvalue weighted by Gasteiger charge is 2.06. The second kappa shape index (κ2) is 4.74. The van der Waals surface area contributed by atoms with Crippen LogP contribution in [0, 0.1) is 0 Å². The number of rotatable bonds is 2. The number of allylic oxidation sites excluding steroid dienone is 4. The van der Waals surface area contributed by atoms with Crippen LogP contribution in [0.3, 0.4) is 0 Å². The van der Waals surface area contributed by atoms with E-state index < -0.39 is 0 Å². The highest BCUT2D eigenvalue weighted by molar-refractivity contribution is 5.89. The van der Waals surface area contributed by atoms with Crippen molar-refractivity contribution < 1.29 is 0 Å². The summed E-state index contributed by atoms with van der Waals surface area (Å²) in [6, 6.07) is 12.9. The fourth-order valence-corrected chi connectivity index (χ4v) is 2.74. The molecule has 0 atom stereocenters. The van der Waals surface area contributed by atoms with Crippen LogP contribution in [-0.4, -0.2) is 0 Å². The van der Waals surface area contributed by atoms with Crippen LogP contribution >= 0.6 is 0 Å². The van der Waals surface area contributed by atoms with Crippen molar-refractivity contribution in [2.75, 3.05) is 0 Å². The summed E-state index contributed by atoms with van der Waals surface area (Å²) in [5.74, 6) is 0. The number of fused-ring (bicyclic) bond motifs is 3. The Bertz CT molecular complexity index is 817. The molecule has 0 aromatic heterocycles. The molecule has 3 rings (SSSR count). The van der Waals surface area contributed by atoms with Crippen LogP contribution < -0.4 is 10.4 Å². The normalized spacial score (nSPS) is 14.1. The van der Waals surface area contributed by atoms with Crippen LogP contribution in [0.1, 0.15) is 6.42 Å². The van der Waals surface area contributed by atoms with Crippen LogP contribution in [0.5, 0.6) is 0 Å². The first-order valence-electron chi connectivity index (χ1n) is 6.53. The van der Waals surface area contributed by atoms with E-state index in [1.54, 1.807) is 0 Å². The Balaban J connectivity index is 2.63. The third-order valence-corrected chi connectivity index (χ3v) is 3.64. The summed E-state index contributed by atoms with van der Waals surface area (Å²) >= 11 is 0. The first kappa shape index (κ1) is 11.7. The molecule has 0 heteroatoms. The molecule has 0 saturated carbocycles. The van der Waals surface area contributed by atoms with Crippen LogP contribution in [0.2, 0.25) is 0 Å². The summed E-state index contributed by atoms with van der Waals surface area (Å²) in [6.45, 7) is 7.92. The average Bonchev–Trinajstić information content (AvgIpc) is 2.65. The molecule has 0 amide bonds. The standard InChI is InChI=1S/C19H16/c1-3-14-9-7-10-16-13-12-15-8-5-6-11-18(15)19(16)17(14)4-2/h3-6,8-13H,1-2,7H2. The van der Waals surface area contributed by atoms with Crippen molar-refractivity contribution in [2.24, 2.45) is 0 Å². The van der Waals surface area contributed by atoms with Crippen LogP contribution in [0.25, 0.3) is 22.4 Å². The Morgan fingerprint density at radius 2 is 1.74 bits per heavy atom. The third-order valence-electron chi connectivity index (χ3n) is 3.64. The molecule has 0 nitrogen and oxygen atoms in total. The van der Waals surface area contributed by atoms with Crippen molar-refractivity contribution >= 4 is 22.4 Å². The Kier molecular flexibility index (Phi) is 2.92. The smallest absolute Gasteiger partial charge is 0.00302 e. The van der Waals surface area contributed by atoms with Gasteiger partial charge in [0.1, 0.15) is 0 Å². The maximum Gasteiger partial charge on any atom is -0.00302 e. The minimum Gasteiger partial charge on any atom is -0.0985 e. The van der Waals surface area contributed by atoms with E-state index >= 15 is 0 Å². The minimum absolute atomic E-state index is 0.935. The molecule has 1 aliphatic carbocycles. The minimum atomic E-state index is 0.935. The molecule has 0 saturated heterocycles. The van der Waals surface area contributed by atoms with Gasteiger partial charge in [0.25, 0.3) is 0 Å². The molecule has 19 heavy (non-hydrogen) atoms. The lowest BCUT2D eigenvalue weighted by molar-refractivity contribution is 1.45. The molecule has 1 aliphatic rings. The molecule has 0 spiro atoms. The zero-order chi connectivity index (χ0) is 13.2. The summed E-state index contributed by atoms with van der Waals surface area (Å²) in [5, 5.41) is 5.10. The molecule has 0 fully saturated rings. The molecular weight excluding hydrogens is 228 g/mol. The SMILES string of the molecule is C=CC1=CCC=c2ccc3ccccc3c2=C1C=C. The van der Waals surface area contributed by atoms with Gasteiger partial charge >= 0.3 is 0 Å².